The van der Waals surface area contributed by atoms with E-state index in [1.165, 1.54) is 0 Å². The number of phenolic OH excluding ortho intramolecular Hbond substituents is 1. The van der Waals surface area contributed by atoms with Crippen molar-refractivity contribution in [3.05, 3.63) is 89.0 Å². The highest BCUT2D eigenvalue weighted by molar-refractivity contribution is 7.99. The minimum atomic E-state index is -2.45. The third-order valence-corrected chi connectivity index (χ3v) is 7.97. The lowest BCUT2D eigenvalue weighted by molar-refractivity contribution is 0.198. The Labute approximate surface area is 226 Å². The maximum Gasteiger partial charge on any atom is 0.288 e. The number of benzene rings is 3. The van der Waals surface area contributed by atoms with Gasteiger partial charge in [0.1, 0.15) is 17.6 Å². The van der Waals surface area contributed by atoms with Crippen molar-refractivity contribution in [1.82, 2.24) is 4.90 Å². The van der Waals surface area contributed by atoms with Crippen molar-refractivity contribution in [2.75, 3.05) is 26.3 Å². The van der Waals surface area contributed by atoms with Crippen LogP contribution in [0.1, 0.15) is 47.9 Å². The largest absolute Gasteiger partial charge is 0.508 e. The Morgan fingerprint density at radius 1 is 0.974 bits per heavy atom. The number of aryl methyl sites for hydroxylation is 1. The quantitative estimate of drug-likeness (QED) is 0.281. The standard InChI is InChI=1S/C31H32F3NO2S/c32-16-2-17-35-18-15-26(20-35)37-25-10-5-22(6-11-25)30-28(21-7-12-27(13-8-21)38-31(33)34)4-1-3-23-19-24(36)9-14-29(23)30/h5-14,19,26,31,36H,1-4,15-18,20H2/t26-/m0/s1. The first-order chi connectivity index (χ1) is 18.5. The predicted molar refractivity (Wildman–Crippen MR) is 148 cm³/mol. The lowest BCUT2D eigenvalue weighted by Gasteiger charge is -2.19. The molecule has 1 aliphatic heterocycles. The molecule has 7 heteroatoms. The van der Waals surface area contributed by atoms with E-state index in [9.17, 15) is 18.3 Å². The number of allylic oxidation sites excluding steroid dienone is 1. The summed E-state index contributed by atoms with van der Waals surface area (Å²) in [5, 5.41) is 10.1. The molecule has 1 fully saturated rings. The molecule has 0 saturated carbocycles. The summed E-state index contributed by atoms with van der Waals surface area (Å²) in [6, 6.07) is 21.0. The van der Waals surface area contributed by atoms with Gasteiger partial charge in [0.15, 0.2) is 0 Å². The number of halogens is 3. The second-order valence-corrected chi connectivity index (χ2v) is 10.9. The van der Waals surface area contributed by atoms with Gasteiger partial charge >= 0.3 is 0 Å². The van der Waals surface area contributed by atoms with Gasteiger partial charge < -0.3 is 9.84 Å². The van der Waals surface area contributed by atoms with Crippen molar-refractivity contribution in [2.45, 2.75) is 48.9 Å². The van der Waals surface area contributed by atoms with E-state index in [-0.39, 0.29) is 18.5 Å². The number of fused-ring (bicyclic) bond motifs is 1. The van der Waals surface area contributed by atoms with Crippen LogP contribution >= 0.6 is 11.8 Å². The summed E-state index contributed by atoms with van der Waals surface area (Å²) in [7, 11) is 0. The van der Waals surface area contributed by atoms with Crippen LogP contribution in [-0.2, 0) is 6.42 Å². The van der Waals surface area contributed by atoms with Gasteiger partial charge in [0, 0.05) is 24.5 Å². The van der Waals surface area contributed by atoms with E-state index in [1.807, 2.05) is 36.4 Å². The monoisotopic (exact) mass is 539 g/mol. The summed E-state index contributed by atoms with van der Waals surface area (Å²) in [4.78, 5) is 2.79. The zero-order chi connectivity index (χ0) is 26.5. The van der Waals surface area contributed by atoms with E-state index in [2.05, 4.69) is 17.0 Å². The second kappa shape index (κ2) is 12.3. The molecule has 0 bridgehead atoms. The molecule has 38 heavy (non-hydrogen) atoms. The van der Waals surface area contributed by atoms with Gasteiger partial charge in [0.2, 0.25) is 0 Å². The number of nitrogens with zero attached hydrogens (tertiary/aromatic N) is 1. The molecule has 1 atom stereocenters. The topological polar surface area (TPSA) is 32.7 Å². The fourth-order valence-electron chi connectivity index (χ4n) is 5.50. The van der Waals surface area contributed by atoms with E-state index in [4.69, 9.17) is 4.74 Å². The first kappa shape index (κ1) is 26.7. The Morgan fingerprint density at radius 2 is 1.74 bits per heavy atom. The van der Waals surface area contributed by atoms with Crippen LogP contribution in [0.4, 0.5) is 13.2 Å². The van der Waals surface area contributed by atoms with Gasteiger partial charge in [-0.2, -0.15) is 8.78 Å². The van der Waals surface area contributed by atoms with Crippen LogP contribution in [0.15, 0.2) is 71.6 Å². The average Bonchev–Trinajstić information content (AvgIpc) is 3.27. The van der Waals surface area contributed by atoms with Crippen LogP contribution < -0.4 is 4.74 Å². The molecule has 5 rings (SSSR count). The van der Waals surface area contributed by atoms with Gasteiger partial charge in [-0.15, -0.1) is 0 Å². The third kappa shape index (κ3) is 6.38. The van der Waals surface area contributed by atoms with Crippen molar-refractivity contribution in [2.24, 2.45) is 0 Å². The fourth-order valence-corrected chi connectivity index (χ4v) is 6.00. The number of rotatable bonds is 9. The van der Waals surface area contributed by atoms with Crippen LogP contribution in [0.5, 0.6) is 11.5 Å². The van der Waals surface area contributed by atoms with E-state index in [0.717, 1.165) is 84.5 Å². The molecule has 1 saturated heterocycles. The lowest BCUT2D eigenvalue weighted by Crippen LogP contribution is -2.26. The molecule has 0 unspecified atom stereocenters. The van der Waals surface area contributed by atoms with Gasteiger partial charge in [-0.1, -0.05) is 42.1 Å². The Balaban J connectivity index is 1.45. The molecule has 2 aliphatic rings. The van der Waals surface area contributed by atoms with Gasteiger partial charge in [-0.05, 0) is 102 Å². The first-order valence-electron chi connectivity index (χ1n) is 13.2. The number of likely N-dealkylation sites (tertiary alicyclic amines) is 1. The van der Waals surface area contributed by atoms with Crippen molar-refractivity contribution >= 4 is 22.9 Å². The molecular weight excluding hydrogens is 507 g/mol. The molecule has 0 aromatic heterocycles. The molecule has 1 N–H and O–H groups in total. The number of alkyl halides is 3. The summed E-state index contributed by atoms with van der Waals surface area (Å²) in [6.45, 7) is 2.22. The number of aromatic hydroxyl groups is 1. The summed E-state index contributed by atoms with van der Waals surface area (Å²) in [6.07, 6.45) is 4.19. The van der Waals surface area contributed by atoms with Gasteiger partial charge in [-0.25, -0.2) is 0 Å². The smallest absolute Gasteiger partial charge is 0.288 e. The van der Waals surface area contributed by atoms with Crippen molar-refractivity contribution < 1.29 is 23.0 Å². The van der Waals surface area contributed by atoms with Crippen molar-refractivity contribution in [3.8, 4) is 11.5 Å². The number of ether oxygens (including phenoxy) is 1. The lowest BCUT2D eigenvalue weighted by atomic mass is 9.88. The van der Waals surface area contributed by atoms with Crippen LogP contribution in [0, 0.1) is 0 Å². The number of hydrogen-bond acceptors (Lipinski definition) is 4. The highest BCUT2D eigenvalue weighted by atomic mass is 32.2. The number of phenols is 1. The SMILES string of the molecule is Oc1ccc2c(c1)CCCC(c1ccc(SC(F)F)cc1)=C2c1ccc(O[C@H]2CCN(CCCF)C2)cc1. The predicted octanol–water partition coefficient (Wildman–Crippen LogP) is 7.82. The Hall–Kier alpha value is -2.90. The molecule has 1 aliphatic carbocycles. The van der Waals surface area contributed by atoms with E-state index in [1.54, 1.807) is 18.2 Å². The zero-order valence-electron chi connectivity index (χ0n) is 21.2. The Morgan fingerprint density at radius 3 is 2.47 bits per heavy atom. The molecule has 0 radical (unpaired) electrons. The summed E-state index contributed by atoms with van der Waals surface area (Å²) in [5.74, 6) is -1.39. The third-order valence-electron chi connectivity index (χ3n) is 7.24. The minimum Gasteiger partial charge on any atom is -0.508 e. The van der Waals surface area contributed by atoms with Crippen LogP contribution in [0.2, 0.25) is 0 Å². The summed E-state index contributed by atoms with van der Waals surface area (Å²) in [5.41, 5.74) is 6.49. The van der Waals surface area contributed by atoms with Gasteiger partial charge in [0.05, 0.1) is 6.67 Å². The van der Waals surface area contributed by atoms with Gasteiger partial charge in [-0.3, -0.25) is 9.29 Å². The van der Waals surface area contributed by atoms with E-state index >= 15 is 0 Å². The summed E-state index contributed by atoms with van der Waals surface area (Å²) < 4.78 is 44.5. The van der Waals surface area contributed by atoms with Crippen LogP contribution in [0.3, 0.4) is 0 Å². The minimum absolute atomic E-state index is 0.0986. The Bertz CT molecular complexity index is 1260. The van der Waals surface area contributed by atoms with Crippen molar-refractivity contribution in [1.29, 1.82) is 0 Å². The molecule has 1 heterocycles. The molecule has 3 nitrogen and oxygen atoms in total. The van der Waals surface area contributed by atoms with Crippen LogP contribution in [0.25, 0.3) is 11.1 Å². The molecule has 0 amide bonds. The molecular formula is C31H32F3NO2S. The second-order valence-electron chi connectivity index (χ2n) is 9.85. The molecule has 3 aromatic rings. The maximum absolute atomic E-state index is 12.8. The van der Waals surface area contributed by atoms with Crippen LogP contribution in [-0.4, -0.2) is 48.2 Å². The summed E-state index contributed by atoms with van der Waals surface area (Å²) >= 11 is 0.553. The first-order valence-corrected chi connectivity index (χ1v) is 14.0. The molecule has 0 spiro atoms. The zero-order valence-corrected chi connectivity index (χ0v) is 22.0. The van der Waals surface area contributed by atoms with E-state index < -0.39 is 5.76 Å². The molecule has 3 aromatic carbocycles. The normalized spacial score (nSPS) is 18.1. The highest BCUT2D eigenvalue weighted by Crippen LogP contribution is 2.41. The molecule has 200 valence electrons. The fraction of sp³-hybridized carbons (Fsp3) is 0.355. The van der Waals surface area contributed by atoms with Crippen molar-refractivity contribution in [3.63, 3.8) is 0 Å². The number of hydrogen-bond donors (Lipinski definition) is 1. The Kier molecular flexibility index (Phi) is 8.65. The highest BCUT2D eigenvalue weighted by Gasteiger charge is 2.24. The maximum atomic E-state index is 12.8. The van der Waals surface area contributed by atoms with E-state index in [0.29, 0.717) is 23.1 Å². The number of thioether (sulfide) groups is 1. The average molecular weight is 540 g/mol. The van der Waals surface area contributed by atoms with Gasteiger partial charge in [0.25, 0.3) is 5.76 Å².